The summed E-state index contributed by atoms with van der Waals surface area (Å²) in [5.41, 5.74) is 10.1. The van der Waals surface area contributed by atoms with Gasteiger partial charge in [-0.1, -0.05) is 6.07 Å². The van der Waals surface area contributed by atoms with E-state index >= 15 is 0 Å². The van der Waals surface area contributed by atoms with E-state index in [0.717, 1.165) is 24.7 Å². The monoisotopic (exact) mass is 601 g/mol. The number of aromatic amines is 1. The molecule has 0 aliphatic carbocycles. The lowest BCUT2D eigenvalue weighted by atomic mass is 9.87. The number of hydrogen-bond acceptors (Lipinski definition) is 9. The summed E-state index contributed by atoms with van der Waals surface area (Å²) in [6.07, 6.45) is 7.05. The molecule has 2 aliphatic rings. The summed E-state index contributed by atoms with van der Waals surface area (Å²) in [6, 6.07) is 9.56. The SMILES string of the molecule is Cc1nc(C(=O)N2[C@@H]3CC[C@H]2CC(c2nc4c(-c5ccc(-c6ccc(F)cc6)nc5)cnn4c(N)c2S(C)(=O)=O)C3)n[nH]1. The predicted octanol–water partition coefficient (Wildman–Crippen LogP) is 3.56. The number of nitrogen functional groups attached to an aromatic ring is 1. The first-order valence-electron chi connectivity index (χ1n) is 13.9. The first kappa shape index (κ1) is 27.1. The quantitative estimate of drug-likeness (QED) is 0.306. The number of nitrogens with zero attached hydrogens (tertiary/aromatic N) is 7. The Balaban J connectivity index is 1.27. The van der Waals surface area contributed by atoms with E-state index in [-0.39, 0.29) is 46.3 Å². The van der Waals surface area contributed by atoms with Crippen LogP contribution in [0.25, 0.3) is 28.0 Å². The standard InChI is InChI=1S/C29H28FN9O3S/c1-15-34-27(37-36-15)29(40)38-20-8-9-21(38)12-18(11-20)24-25(43(2,41)42)26(31)39-28(35-24)22(14-33-39)17-5-10-23(32-13-17)16-3-6-19(30)7-4-16/h3-7,10,13-14,18,20-21H,8-9,11-12,31H2,1-2H3,(H,34,36,37)/t18?,20-,21+. The number of aromatic nitrogens is 7. The van der Waals surface area contributed by atoms with E-state index in [1.807, 2.05) is 17.0 Å². The molecule has 3 atom stereocenters. The lowest BCUT2D eigenvalue weighted by molar-refractivity contribution is 0.0556. The van der Waals surface area contributed by atoms with E-state index < -0.39 is 9.84 Å². The molecular formula is C29H28FN9O3S. The van der Waals surface area contributed by atoms with Crippen LogP contribution in [0.1, 0.15) is 53.7 Å². The van der Waals surface area contributed by atoms with Gasteiger partial charge in [-0.2, -0.15) is 9.61 Å². The Kier molecular flexibility index (Phi) is 6.27. The Hall–Kier alpha value is -4.72. The molecule has 2 saturated heterocycles. The molecule has 1 amide bonds. The Labute approximate surface area is 246 Å². The molecule has 5 aromatic rings. The van der Waals surface area contributed by atoms with Crippen molar-refractivity contribution in [3.8, 4) is 22.4 Å². The fourth-order valence-electron chi connectivity index (χ4n) is 6.51. The number of carbonyl (C=O) groups is 1. The van der Waals surface area contributed by atoms with Crippen LogP contribution in [0.15, 0.2) is 53.7 Å². The van der Waals surface area contributed by atoms with Crippen LogP contribution in [0.4, 0.5) is 10.2 Å². The fourth-order valence-corrected chi connectivity index (χ4v) is 7.57. The second kappa shape index (κ2) is 9.93. The largest absolute Gasteiger partial charge is 0.382 e. The molecular weight excluding hydrogens is 573 g/mol. The van der Waals surface area contributed by atoms with Gasteiger partial charge in [-0.3, -0.25) is 14.9 Å². The van der Waals surface area contributed by atoms with Gasteiger partial charge >= 0.3 is 0 Å². The number of hydrogen-bond donors (Lipinski definition) is 2. The summed E-state index contributed by atoms with van der Waals surface area (Å²) >= 11 is 0. The molecule has 3 N–H and O–H groups in total. The Morgan fingerprint density at radius 2 is 1.72 bits per heavy atom. The van der Waals surface area contributed by atoms with Crippen LogP contribution in [0, 0.1) is 12.7 Å². The zero-order chi connectivity index (χ0) is 30.0. The molecule has 1 aromatic carbocycles. The van der Waals surface area contributed by atoms with E-state index in [0.29, 0.717) is 46.8 Å². The predicted molar refractivity (Wildman–Crippen MR) is 155 cm³/mol. The number of H-pyrrole nitrogens is 1. The van der Waals surface area contributed by atoms with Crippen LogP contribution in [0.2, 0.25) is 0 Å². The highest BCUT2D eigenvalue weighted by Crippen LogP contribution is 2.45. The number of aryl methyl sites for hydroxylation is 1. The number of piperidine rings is 1. The normalized spacial score (nSPS) is 20.2. The molecule has 220 valence electrons. The first-order valence-corrected chi connectivity index (χ1v) is 15.8. The lowest BCUT2D eigenvalue weighted by Crippen LogP contribution is -2.46. The van der Waals surface area contributed by atoms with Crippen molar-refractivity contribution in [2.75, 3.05) is 12.0 Å². The molecule has 43 heavy (non-hydrogen) atoms. The number of halogens is 1. The minimum Gasteiger partial charge on any atom is -0.382 e. The van der Waals surface area contributed by atoms with Gasteiger partial charge in [-0.05, 0) is 62.9 Å². The van der Waals surface area contributed by atoms with E-state index in [4.69, 9.17) is 10.7 Å². The summed E-state index contributed by atoms with van der Waals surface area (Å²) in [6.45, 7) is 1.74. The molecule has 0 saturated carbocycles. The number of pyridine rings is 1. The summed E-state index contributed by atoms with van der Waals surface area (Å²) in [5.74, 6) is -0.100. The highest BCUT2D eigenvalue weighted by molar-refractivity contribution is 7.91. The van der Waals surface area contributed by atoms with Crippen molar-refractivity contribution in [3.63, 3.8) is 0 Å². The maximum Gasteiger partial charge on any atom is 0.294 e. The first-order chi connectivity index (χ1) is 20.6. The fraction of sp³-hybridized carbons (Fsp3) is 0.310. The third-order valence-corrected chi connectivity index (χ3v) is 9.55. The van der Waals surface area contributed by atoms with Gasteiger partial charge in [0, 0.05) is 47.1 Å². The maximum atomic E-state index is 13.4. The number of rotatable bonds is 5. The van der Waals surface area contributed by atoms with Gasteiger partial charge in [0.15, 0.2) is 15.5 Å². The number of fused-ring (bicyclic) bond motifs is 3. The molecule has 1 unspecified atom stereocenters. The number of sulfone groups is 1. The smallest absolute Gasteiger partial charge is 0.294 e. The topological polar surface area (TPSA) is 165 Å². The average Bonchev–Trinajstić information content (AvgIpc) is 3.68. The second-order valence-electron chi connectivity index (χ2n) is 11.2. The minimum absolute atomic E-state index is 0.00769. The van der Waals surface area contributed by atoms with Crippen LogP contribution in [0.5, 0.6) is 0 Å². The Bertz CT molecular complexity index is 1970. The van der Waals surface area contributed by atoms with Crippen LogP contribution in [0.3, 0.4) is 0 Å². The third-order valence-electron chi connectivity index (χ3n) is 8.39. The molecule has 6 heterocycles. The number of benzene rings is 1. The molecule has 14 heteroatoms. The lowest BCUT2D eigenvalue weighted by Gasteiger charge is -2.38. The zero-order valence-corrected chi connectivity index (χ0v) is 24.2. The summed E-state index contributed by atoms with van der Waals surface area (Å²) < 4.78 is 40.9. The van der Waals surface area contributed by atoms with Crippen LogP contribution in [-0.4, -0.2) is 72.3 Å². The van der Waals surface area contributed by atoms with Crippen LogP contribution >= 0.6 is 0 Å². The maximum absolute atomic E-state index is 13.4. The highest BCUT2D eigenvalue weighted by atomic mass is 32.2. The number of amides is 1. The van der Waals surface area contributed by atoms with Gasteiger partial charge in [-0.25, -0.2) is 22.8 Å². The molecule has 2 fully saturated rings. The van der Waals surface area contributed by atoms with Crippen molar-refractivity contribution in [2.45, 2.75) is 55.5 Å². The van der Waals surface area contributed by atoms with Gasteiger partial charge in [0.05, 0.1) is 17.6 Å². The third kappa shape index (κ3) is 4.61. The highest BCUT2D eigenvalue weighted by Gasteiger charge is 2.46. The summed E-state index contributed by atoms with van der Waals surface area (Å²) in [5, 5.41) is 11.2. The van der Waals surface area contributed by atoms with Crippen molar-refractivity contribution < 1.29 is 17.6 Å². The number of nitrogens with two attached hydrogens (primary N) is 1. The summed E-state index contributed by atoms with van der Waals surface area (Å²) in [7, 11) is -3.78. The molecule has 0 spiro atoms. The van der Waals surface area contributed by atoms with E-state index in [1.54, 1.807) is 31.5 Å². The molecule has 2 aliphatic heterocycles. The zero-order valence-electron chi connectivity index (χ0n) is 23.4. The van der Waals surface area contributed by atoms with Crippen molar-refractivity contribution in [1.82, 2.24) is 39.7 Å². The van der Waals surface area contributed by atoms with Gasteiger partial charge in [0.25, 0.3) is 5.91 Å². The molecule has 4 aromatic heterocycles. The van der Waals surface area contributed by atoms with Crippen molar-refractivity contribution in [3.05, 3.63) is 72.0 Å². The van der Waals surface area contributed by atoms with E-state index in [1.165, 1.54) is 16.6 Å². The molecule has 0 radical (unpaired) electrons. The number of anilines is 1. The average molecular weight is 602 g/mol. The van der Waals surface area contributed by atoms with Gasteiger partial charge in [-0.15, -0.1) is 5.10 Å². The molecule has 12 nitrogen and oxygen atoms in total. The second-order valence-corrected chi connectivity index (χ2v) is 13.2. The van der Waals surface area contributed by atoms with Gasteiger partial charge < -0.3 is 10.6 Å². The van der Waals surface area contributed by atoms with Crippen LogP contribution in [-0.2, 0) is 9.84 Å². The van der Waals surface area contributed by atoms with E-state index in [2.05, 4.69) is 25.3 Å². The van der Waals surface area contributed by atoms with E-state index in [9.17, 15) is 17.6 Å². The number of carbonyl (C=O) groups excluding carboxylic acids is 1. The van der Waals surface area contributed by atoms with Crippen molar-refractivity contribution in [1.29, 1.82) is 0 Å². The summed E-state index contributed by atoms with van der Waals surface area (Å²) in [4.78, 5) is 28.8. The van der Waals surface area contributed by atoms with Gasteiger partial charge in [0.2, 0.25) is 5.82 Å². The Morgan fingerprint density at radius 1 is 1.02 bits per heavy atom. The minimum atomic E-state index is -3.78. The van der Waals surface area contributed by atoms with Crippen molar-refractivity contribution in [2.24, 2.45) is 0 Å². The molecule has 2 bridgehead atoms. The number of nitrogens with one attached hydrogen (secondary N) is 1. The molecule has 7 rings (SSSR count). The van der Waals surface area contributed by atoms with Crippen LogP contribution < -0.4 is 5.73 Å². The van der Waals surface area contributed by atoms with Crippen molar-refractivity contribution >= 4 is 27.2 Å². The Morgan fingerprint density at radius 3 is 2.33 bits per heavy atom. The van der Waals surface area contributed by atoms with Gasteiger partial charge in [0.1, 0.15) is 22.4 Å².